The summed E-state index contributed by atoms with van der Waals surface area (Å²) in [6.07, 6.45) is -0.685. The van der Waals surface area contributed by atoms with Crippen molar-refractivity contribution in [1.29, 1.82) is 0 Å². The van der Waals surface area contributed by atoms with E-state index < -0.39 is 6.29 Å². The van der Waals surface area contributed by atoms with Gasteiger partial charge in [-0.25, -0.2) is 0 Å². The molecule has 1 aromatic rings. The van der Waals surface area contributed by atoms with Gasteiger partial charge in [0.2, 0.25) is 0 Å². The van der Waals surface area contributed by atoms with Crippen LogP contribution < -0.4 is 0 Å². The molecule has 3 heteroatoms. The largest absolute Gasteiger partial charge is 0.368 e. The SMILES string of the molecule is CC(O)OCc1ccccc1.[Na]. The van der Waals surface area contributed by atoms with Crippen LogP contribution in [0.25, 0.3) is 0 Å². The van der Waals surface area contributed by atoms with E-state index in [1.165, 1.54) is 0 Å². The molecule has 2 nitrogen and oxygen atoms in total. The number of aliphatic hydroxyl groups is 1. The summed E-state index contributed by atoms with van der Waals surface area (Å²) in [6, 6.07) is 9.76. The average Bonchev–Trinajstić information content (AvgIpc) is 2.03. The summed E-state index contributed by atoms with van der Waals surface area (Å²) in [7, 11) is 0. The van der Waals surface area contributed by atoms with E-state index in [-0.39, 0.29) is 29.6 Å². The smallest absolute Gasteiger partial charge is 0.152 e. The summed E-state index contributed by atoms with van der Waals surface area (Å²) in [4.78, 5) is 0. The van der Waals surface area contributed by atoms with E-state index in [2.05, 4.69) is 0 Å². The second-order valence-electron chi connectivity index (χ2n) is 2.40. The van der Waals surface area contributed by atoms with Gasteiger partial charge in [0, 0.05) is 29.6 Å². The molecule has 0 bridgehead atoms. The normalized spacial score (nSPS) is 11.8. The quantitative estimate of drug-likeness (QED) is 0.551. The summed E-state index contributed by atoms with van der Waals surface area (Å²) in [6.45, 7) is 2.07. The van der Waals surface area contributed by atoms with Gasteiger partial charge in [0.25, 0.3) is 0 Å². The first-order chi connectivity index (χ1) is 5.29. The second-order valence-corrected chi connectivity index (χ2v) is 2.40. The molecule has 0 saturated carbocycles. The van der Waals surface area contributed by atoms with Gasteiger partial charge in [-0.05, 0) is 12.5 Å². The molecule has 12 heavy (non-hydrogen) atoms. The van der Waals surface area contributed by atoms with Gasteiger partial charge in [-0.2, -0.15) is 0 Å². The second kappa shape index (κ2) is 6.63. The zero-order valence-corrected chi connectivity index (χ0v) is 9.53. The Kier molecular flexibility index (Phi) is 6.71. The van der Waals surface area contributed by atoms with Crippen LogP contribution in [0.4, 0.5) is 0 Å². The molecular formula is C9H12NaO2. The Morgan fingerprint density at radius 1 is 1.33 bits per heavy atom. The molecule has 1 rings (SSSR count). The van der Waals surface area contributed by atoms with Crippen LogP contribution in [-0.4, -0.2) is 41.0 Å². The molecule has 0 fully saturated rings. The van der Waals surface area contributed by atoms with Crippen LogP contribution in [0.2, 0.25) is 0 Å². The Morgan fingerprint density at radius 2 is 1.92 bits per heavy atom. The number of aliphatic hydroxyl groups excluding tert-OH is 1. The van der Waals surface area contributed by atoms with Crippen LogP contribution in [0.1, 0.15) is 12.5 Å². The zero-order valence-electron chi connectivity index (χ0n) is 7.53. The summed E-state index contributed by atoms with van der Waals surface area (Å²) in [5, 5.41) is 8.79. The van der Waals surface area contributed by atoms with Crippen LogP contribution >= 0.6 is 0 Å². The predicted molar refractivity (Wildman–Crippen MR) is 48.7 cm³/mol. The minimum atomic E-state index is -0.685. The first kappa shape index (κ1) is 12.1. The van der Waals surface area contributed by atoms with Crippen molar-refractivity contribution in [2.24, 2.45) is 0 Å². The van der Waals surface area contributed by atoms with E-state index >= 15 is 0 Å². The monoisotopic (exact) mass is 175 g/mol. The Balaban J connectivity index is 0.00000121. The maximum atomic E-state index is 8.79. The Hall–Kier alpha value is 0.140. The van der Waals surface area contributed by atoms with Gasteiger partial charge in [0.15, 0.2) is 6.29 Å². The topological polar surface area (TPSA) is 29.5 Å². The van der Waals surface area contributed by atoms with Crippen molar-refractivity contribution in [1.82, 2.24) is 0 Å². The molecule has 0 aromatic heterocycles. The van der Waals surface area contributed by atoms with Gasteiger partial charge in [-0.15, -0.1) is 0 Å². The van der Waals surface area contributed by atoms with Gasteiger partial charge < -0.3 is 9.84 Å². The number of hydrogen-bond donors (Lipinski definition) is 1. The van der Waals surface area contributed by atoms with Crippen LogP contribution in [0.3, 0.4) is 0 Å². The molecule has 1 radical (unpaired) electrons. The van der Waals surface area contributed by atoms with Crippen LogP contribution in [0, 0.1) is 0 Å². The molecule has 0 aliphatic heterocycles. The van der Waals surface area contributed by atoms with Crippen molar-refractivity contribution in [3.8, 4) is 0 Å². The molecule has 1 aromatic carbocycles. The number of rotatable bonds is 3. The predicted octanol–water partition coefficient (Wildman–Crippen LogP) is 1.16. The number of ether oxygens (including phenoxy) is 1. The van der Waals surface area contributed by atoms with E-state index in [1.54, 1.807) is 6.92 Å². The Labute approximate surface area is 94.8 Å². The standard InChI is InChI=1S/C9H12O2.Na/c1-8(10)11-7-9-5-3-2-4-6-9;/h2-6,8,10H,7H2,1H3;. The summed E-state index contributed by atoms with van der Waals surface area (Å²) in [5.41, 5.74) is 1.08. The fraction of sp³-hybridized carbons (Fsp3) is 0.333. The molecule has 0 aliphatic rings. The summed E-state index contributed by atoms with van der Waals surface area (Å²) >= 11 is 0. The van der Waals surface area contributed by atoms with E-state index in [4.69, 9.17) is 9.84 Å². The third-order valence-electron chi connectivity index (χ3n) is 1.33. The first-order valence-corrected chi connectivity index (χ1v) is 3.62. The molecule has 1 unspecified atom stereocenters. The van der Waals surface area contributed by atoms with E-state index in [1.807, 2.05) is 30.3 Å². The van der Waals surface area contributed by atoms with Gasteiger partial charge in [0.1, 0.15) is 0 Å². The van der Waals surface area contributed by atoms with Crippen molar-refractivity contribution in [3.63, 3.8) is 0 Å². The molecule has 0 heterocycles. The Bertz CT molecular complexity index is 199. The molecule has 0 amide bonds. The average molecular weight is 175 g/mol. The number of benzene rings is 1. The summed E-state index contributed by atoms with van der Waals surface area (Å²) in [5.74, 6) is 0. The molecule has 61 valence electrons. The zero-order chi connectivity index (χ0) is 8.10. The first-order valence-electron chi connectivity index (χ1n) is 3.62. The third kappa shape index (κ3) is 4.91. The van der Waals surface area contributed by atoms with E-state index in [9.17, 15) is 0 Å². The molecule has 0 aliphatic carbocycles. The summed E-state index contributed by atoms with van der Waals surface area (Å²) < 4.78 is 4.98. The van der Waals surface area contributed by atoms with Gasteiger partial charge in [0.05, 0.1) is 6.61 Å². The number of hydrogen-bond acceptors (Lipinski definition) is 2. The van der Waals surface area contributed by atoms with Gasteiger partial charge >= 0.3 is 0 Å². The van der Waals surface area contributed by atoms with Gasteiger partial charge in [-0.1, -0.05) is 30.3 Å². The molecule has 0 spiro atoms. The maximum Gasteiger partial charge on any atom is 0.152 e. The van der Waals surface area contributed by atoms with Crippen molar-refractivity contribution in [3.05, 3.63) is 35.9 Å². The Morgan fingerprint density at radius 3 is 2.42 bits per heavy atom. The third-order valence-corrected chi connectivity index (χ3v) is 1.33. The fourth-order valence-corrected chi connectivity index (χ4v) is 0.791. The fourth-order valence-electron chi connectivity index (χ4n) is 0.791. The van der Waals surface area contributed by atoms with E-state index in [0.29, 0.717) is 6.61 Å². The molecule has 1 N–H and O–H groups in total. The van der Waals surface area contributed by atoms with Crippen LogP contribution in [-0.2, 0) is 11.3 Å². The van der Waals surface area contributed by atoms with Crippen molar-refractivity contribution in [2.75, 3.05) is 0 Å². The van der Waals surface area contributed by atoms with Gasteiger partial charge in [-0.3, -0.25) is 0 Å². The van der Waals surface area contributed by atoms with E-state index in [0.717, 1.165) is 5.56 Å². The minimum Gasteiger partial charge on any atom is -0.368 e. The van der Waals surface area contributed by atoms with Crippen molar-refractivity contribution in [2.45, 2.75) is 19.8 Å². The molecule has 1 atom stereocenters. The van der Waals surface area contributed by atoms with Crippen molar-refractivity contribution < 1.29 is 9.84 Å². The van der Waals surface area contributed by atoms with Crippen LogP contribution in [0.15, 0.2) is 30.3 Å². The van der Waals surface area contributed by atoms with Crippen LogP contribution in [0.5, 0.6) is 0 Å². The maximum absolute atomic E-state index is 8.79. The van der Waals surface area contributed by atoms with Crippen molar-refractivity contribution >= 4 is 29.6 Å². The minimum absolute atomic E-state index is 0. The molecular weight excluding hydrogens is 163 g/mol. The molecule has 0 saturated heterocycles.